The first-order chi connectivity index (χ1) is 12.0. The number of fused-ring (bicyclic) bond motifs is 3. The van der Waals surface area contributed by atoms with E-state index in [4.69, 9.17) is 9.84 Å². The van der Waals surface area contributed by atoms with Gasteiger partial charge in [-0.05, 0) is 31.0 Å². The summed E-state index contributed by atoms with van der Waals surface area (Å²) in [6.07, 6.45) is 1.64. The van der Waals surface area contributed by atoms with Crippen molar-refractivity contribution in [2.75, 3.05) is 0 Å². The highest BCUT2D eigenvalue weighted by atomic mass is 16.5. The molecule has 2 aliphatic rings. The average Bonchev–Trinajstić information content (AvgIpc) is 3.02. The number of nitrogens with zero attached hydrogens (tertiary/aromatic N) is 2. The molecule has 4 nitrogen and oxygen atoms in total. The van der Waals surface area contributed by atoms with E-state index in [9.17, 15) is 5.11 Å². The van der Waals surface area contributed by atoms with Crippen LogP contribution in [0.2, 0.25) is 0 Å². The Kier molecular flexibility index (Phi) is 3.91. The normalized spacial score (nSPS) is 21.6. The third-order valence-electron chi connectivity index (χ3n) is 4.91. The van der Waals surface area contributed by atoms with Crippen LogP contribution in [0.4, 0.5) is 0 Å². The molecule has 0 aromatic heterocycles. The number of hydrogen-bond donors (Lipinski definition) is 1. The lowest BCUT2D eigenvalue weighted by Gasteiger charge is -2.38. The predicted octanol–water partition coefficient (Wildman–Crippen LogP) is 4.62. The summed E-state index contributed by atoms with van der Waals surface area (Å²) in [4.78, 5) is 0. The Morgan fingerprint density at radius 2 is 2.04 bits per heavy atom. The third-order valence-corrected chi connectivity index (χ3v) is 4.91. The molecule has 2 aliphatic heterocycles. The number of para-hydroxylation sites is 1. The minimum Gasteiger partial charge on any atom is -0.507 e. The van der Waals surface area contributed by atoms with Gasteiger partial charge < -0.3 is 9.84 Å². The van der Waals surface area contributed by atoms with Crippen molar-refractivity contribution in [3.63, 3.8) is 0 Å². The van der Waals surface area contributed by atoms with Crippen LogP contribution >= 0.6 is 0 Å². The van der Waals surface area contributed by atoms with Gasteiger partial charge in [0.2, 0.25) is 0 Å². The van der Waals surface area contributed by atoms with Crippen molar-refractivity contribution in [3.8, 4) is 11.5 Å². The van der Waals surface area contributed by atoms with E-state index in [1.807, 2.05) is 37.3 Å². The fourth-order valence-corrected chi connectivity index (χ4v) is 3.71. The molecule has 0 saturated heterocycles. The molecular formula is C21H24N2O2. The molecule has 2 aromatic rings. The summed E-state index contributed by atoms with van der Waals surface area (Å²) in [6, 6.07) is 14.1. The smallest absolute Gasteiger partial charge is 0.188 e. The number of hydrazone groups is 1. The fourth-order valence-electron chi connectivity index (χ4n) is 3.71. The van der Waals surface area contributed by atoms with Gasteiger partial charge in [0.05, 0.1) is 11.8 Å². The van der Waals surface area contributed by atoms with Crippen LogP contribution < -0.4 is 4.74 Å². The van der Waals surface area contributed by atoms with Gasteiger partial charge in [-0.15, -0.1) is 0 Å². The summed E-state index contributed by atoms with van der Waals surface area (Å²) in [6.45, 7) is 6.43. The van der Waals surface area contributed by atoms with Gasteiger partial charge in [-0.25, -0.2) is 0 Å². The maximum atomic E-state index is 10.3. The zero-order valence-electron chi connectivity index (χ0n) is 14.9. The van der Waals surface area contributed by atoms with Crippen LogP contribution in [-0.2, 0) is 0 Å². The highest BCUT2D eigenvalue weighted by Gasteiger charge is 2.40. The second kappa shape index (κ2) is 6.10. The number of phenolic OH excluding ortho intramolecular Hbond substituents is 1. The molecule has 0 saturated carbocycles. The number of ether oxygens (including phenoxy) is 1. The Balaban J connectivity index is 1.75. The number of phenols is 1. The second-order valence-electron chi connectivity index (χ2n) is 7.41. The summed E-state index contributed by atoms with van der Waals surface area (Å²) in [5.41, 5.74) is 4.06. The van der Waals surface area contributed by atoms with Crippen molar-refractivity contribution < 1.29 is 9.84 Å². The number of rotatable bonds is 3. The van der Waals surface area contributed by atoms with E-state index in [2.05, 4.69) is 24.9 Å². The highest BCUT2D eigenvalue weighted by Crippen LogP contribution is 2.44. The van der Waals surface area contributed by atoms with Gasteiger partial charge in [0.1, 0.15) is 11.5 Å². The Morgan fingerprint density at radius 1 is 1.24 bits per heavy atom. The molecule has 0 unspecified atom stereocenters. The van der Waals surface area contributed by atoms with Gasteiger partial charge in [-0.3, -0.25) is 5.01 Å². The number of hydrogen-bond acceptors (Lipinski definition) is 4. The second-order valence-corrected chi connectivity index (χ2v) is 7.41. The summed E-state index contributed by atoms with van der Waals surface area (Å²) in [5, 5.41) is 17.3. The molecule has 2 heterocycles. The first-order valence-corrected chi connectivity index (χ1v) is 8.94. The van der Waals surface area contributed by atoms with Gasteiger partial charge in [0, 0.05) is 24.0 Å². The molecule has 25 heavy (non-hydrogen) atoms. The number of aryl methyl sites for hydroxylation is 1. The number of benzene rings is 2. The summed E-state index contributed by atoms with van der Waals surface area (Å²) in [5.74, 6) is 1.76. The molecular weight excluding hydrogens is 312 g/mol. The van der Waals surface area contributed by atoms with Gasteiger partial charge in [0.15, 0.2) is 6.23 Å². The van der Waals surface area contributed by atoms with Crippen LogP contribution in [0.3, 0.4) is 0 Å². The van der Waals surface area contributed by atoms with Crippen LogP contribution in [0.25, 0.3) is 0 Å². The molecule has 0 fully saturated rings. The van der Waals surface area contributed by atoms with Crippen molar-refractivity contribution in [2.45, 2.75) is 45.9 Å². The minimum atomic E-state index is -0.0654. The molecule has 4 heteroatoms. The molecule has 2 atom stereocenters. The lowest BCUT2D eigenvalue weighted by atomic mass is 9.95. The van der Waals surface area contributed by atoms with Crippen molar-refractivity contribution in [3.05, 3.63) is 59.2 Å². The van der Waals surface area contributed by atoms with Crippen molar-refractivity contribution in [1.29, 1.82) is 0 Å². The van der Waals surface area contributed by atoms with Crippen LogP contribution in [-0.4, -0.2) is 22.1 Å². The molecule has 130 valence electrons. The number of aromatic hydroxyl groups is 1. The van der Waals surface area contributed by atoms with E-state index in [1.165, 1.54) is 5.56 Å². The minimum absolute atomic E-state index is 0.0654. The topological polar surface area (TPSA) is 45.1 Å². The Bertz CT molecular complexity index is 828. The van der Waals surface area contributed by atoms with Crippen LogP contribution in [0.5, 0.6) is 11.5 Å². The largest absolute Gasteiger partial charge is 0.507 e. The van der Waals surface area contributed by atoms with Crippen molar-refractivity contribution >= 4 is 5.71 Å². The lowest BCUT2D eigenvalue weighted by molar-refractivity contribution is -0.0291. The van der Waals surface area contributed by atoms with Crippen LogP contribution in [0.1, 0.15) is 49.4 Å². The first-order valence-electron chi connectivity index (χ1n) is 8.94. The maximum absolute atomic E-state index is 10.3. The molecule has 0 amide bonds. The maximum Gasteiger partial charge on any atom is 0.188 e. The molecule has 0 bridgehead atoms. The van der Waals surface area contributed by atoms with Gasteiger partial charge in [-0.1, -0.05) is 43.7 Å². The molecule has 4 rings (SSSR count). The molecule has 0 aliphatic carbocycles. The fraction of sp³-hybridized carbons (Fsp3) is 0.381. The zero-order valence-corrected chi connectivity index (χ0v) is 14.9. The van der Waals surface area contributed by atoms with Gasteiger partial charge in [-0.2, -0.15) is 5.10 Å². The van der Waals surface area contributed by atoms with Gasteiger partial charge >= 0.3 is 0 Å². The van der Waals surface area contributed by atoms with E-state index in [-0.39, 0.29) is 12.3 Å². The SMILES string of the molecule is Cc1ccc(O)c(C2=NN3[C@H](CC(C)C)Oc4ccccc4[C@H]3C2)c1. The van der Waals surface area contributed by atoms with E-state index < -0.39 is 0 Å². The monoisotopic (exact) mass is 336 g/mol. The van der Waals surface area contributed by atoms with Crippen LogP contribution in [0, 0.1) is 12.8 Å². The first kappa shape index (κ1) is 16.0. The Hall–Kier alpha value is -2.49. The van der Waals surface area contributed by atoms with E-state index >= 15 is 0 Å². The third kappa shape index (κ3) is 2.86. The Morgan fingerprint density at radius 3 is 2.84 bits per heavy atom. The molecule has 1 N–H and O–H groups in total. The predicted molar refractivity (Wildman–Crippen MR) is 98.9 cm³/mol. The lowest BCUT2D eigenvalue weighted by Crippen LogP contribution is -2.41. The highest BCUT2D eigenvalue weighted by molar-refractivity contribution is 6.04. The van der Waals surface area contributed by atoms with E-state index in [1.54, 1.807) is 6.07 Å². The average molecular weight is 336 g/mol. The van der Waals surface area contributed by atoms with Crippen molar-refractivity contribution in [1.82, 2.24) is 5.01 Å². The van der Waals surface area contributed by atoms with E-state index in [0.29, 0.717) is 11.7 Å². The van der Waals surface area contributed by atoms with Crippen LogP contribution in [0.15, 0.2) is 47.6 Å². The van der Waals surface area contributed by atoms with Crippen molar-refractivity contribution in [2.24, 2.45) is 11.0 Å². The van der Waals surface area contributed by atoms with E-state index in [0.717, 1.165) is 35.4 Å². The summed E-state index contributed by atoms with van der Waals surface area (Å²) >= 11 is 0. The quantitative estimate of drug-likeness (QED) is 0.890. The Labute approximate surface area is 148 Å². The summed E-state index contributed by atoms with van der Waals surface area (Å²) in [7, 11) is 0. The standard InChI is InChI=1S/C21H24N2O2/c1-13(2)10-21-23-18(15-6-4-5-7-20(15)25-21)12-17(22-23)16-11-14(3)8-9-19(16)24/h4-9,11,13,18,21,24H,10,12H2,1-3H3/t18-,21+/m1/s1. The molecule has 0 spiro atoms. The molecule has 2 aromatic carbocycles. The molecule has 0 radical (unpaired) electrons. The zero-order chi connectivity index (χ0) is 17.6. The van der Waals surface area contributed by atoms with Gasteiger partial charge in [0.25, 0.3) is 0 Å². The summed E-state index contributed by atoms with van der Waals surface area (Å²) < 4.78 is 6.25.